The van der Waals surface area contributed by atoms with Gasteiger partial charge in [-0.1, -0.05) is 60.7 Å². The summed E-state index contributed by atoms with van der Waals surface area (Å²) in [5.74, 6) is 1.29. The molecule has 0 amide bonds. The molecule has 0 unspecified atom stereocenters. The lowest BCUT2D eigenvalue weighted by atomic mass is 10.1. The van der Waals surface area contributed by atoms with Crippen LogP contribution in [0.4, 0.5) is 0 Å². The van der Waals surface area contributed by atoms with E-state index in [0.29, 0.717) is 5.92 Å². The summed E-state index contributed by atoms with van der Waals surface area (Å²) >= 11 is 0. The Morgan fingerprint density at radius 2 is 1.30 bits per heavy atom. The van der Waals surface area contributed by atoms with Gasteiger partial charge in [0.15, 0.2) is 0 Å². The first kappa shape index (κ1) is 12.9. The Labute approximate surface area is 120 Å². The summed E-state index contributed by atoms with van der Waals surface area (Å²) < 4.78 is 0. The number of nitrogens with one attached hydrogen (secondary N) is 1. The van der Waals surface area contributed by atoms with Gasteiger partial charge in [0.25, 0.3) is 0 Å². The molecule has 20 heavy (non-hydrogen) atoms. The summed E-state index contributed by atoms with van der Waals surface area (Å²) in [4.78, 5) is 2.21. The average Bonchev–Trinajstić information content (AvgIpc) is 3.33. The molecular formula is C18H20N2. The molecule has 1 fully saturated rings. The van der Waals surface area contributed by atoms with Gasteiger partial charge in [0, 0.05) is 19.0 Å². The van der Waals surface area contributed by atoms with Crippen LogP contribution in [0.3, 0.4) is 0 Å². The minimum Gasteiger partial charge on any atom is -0.352 e. The Morgan fingerprint density at radius 1 is 0.850 bits per heavy atom. The van der Waals surface area contributed by atoms with Crippen molar-refractivity contribution in [1.29, 1.82) is 5.41 Å². The van der Waals surface area contributed by atoms with Crippen LogP contribution in [-0.4, -0.2) is 10.7 Å². The molecule has 0 aromatic heterocycles. The topological polar surface area (TPSA) is 27.1 Å². The number of benzene rings is 2. The van der Waals surface area contributed by atoms with E-state index >= 15 is 0 Å². The summed E-state index contributed by atoms with van der Waals surface area (Å²) in [7, 11) is 0. The number of rotatable bonds is 5. The van der Waals surface area contributed by atoms with Crippen molar-refractivity contribution in [1.82, 2.24) is 4.90 Å². The Kier molecular flexibility index (Phi) is 3.82. The van der Waals surface area contributed by atoms with Crippen molar-refractivity contribution in [2.75, 3.05) is 0 Å². The molecule has 0 bridgehead atoms. The van der Waals surface area contributed by atoms with E-state index < -0.39 is 0 Å². The second kappa shape index (κ2) is 5.91. The molecule has 0 saturated heterocycles. The normalized spacial score (nSPS) is 14.0. The van der Waals surface area contributed by atoms with Gasteiger partial charge in [0.05, 0.1) is 5.84 Å². The molecule has 102 valence electrons. The second-order valence-electron chi connectivity index (χ2n) is 5.49. The first-order valence-electron chi connectivity index (χ1n) is 7.24. The highest BCUT2D eigenvalue weighted by Crippen LogP contribution is 2.32. The standard InChI is InChI=1S/C18H20N2/c19-18(17-11-12-17)20(13-15-7-3-1-4-8-15)14-16-9-5-2-6-10-16/h1-10,17,19H,11-14H2. The Morgan fingerprint density at radius 3 is 1.70 bits per heavy atom. The molecule has 1 aliphatic carbocycles. The first-order chi connectivity index (χ1) is 9.83. The van der Waals surface area contributed by atoms with Crippen molar-refractivity contribution < 1.29 is 0 Å². The van der Waals surface area contributed by atoms with Gasteiger partial charge >= 0.3 is 0 Å². The quantitative estimate of drug-likeness (QED) is 0.639. The second-order valence-corrected chi connectivity index (χ2v) is 5.49. The Balaban J connectivity index is 1.75. The third-order valence-electron chi connectivity index (χ3n) is 3.74. The van der Waals surface area contributed by atoms with Gasteiger partial charge in [-0.05, 0) is 24.0 Å². The number of hydrogen-bond donors (Lipinski definition) is 1. The third kappa shape index (κ3) is 3.27. The maximum Gasteiger partial charge on any atom is 0.0995 e. The minimum atomic E-state index is 0.488. The lowest BCUT2D eigenvalue weighted by Gasteiger charge is -2.25. The van der Waals surface area contributed by atoms with Crippen LogP contribution >= 0.6 is 0 Å². The summed E-state index contributed by atoms with van der Waals surface area (Å²) in [6.45, 7) is 1.65. The highest BCUT2D eigenvalue weighted by atomic mass is 15.2. The summed E-state index contributed by atoms with van der Waals surface area (Å²) in [6.07, 6.45) is 2.36. The fraction of sp³-hybridized carbons (Fsp3) is 0.278. The van der Waals surface area contributed by atoms with Crippen LogP contribution in [0.25, 0.3) is 0 Å². The van der Waals surface area contributed by atoms with Crippen LogP contribution in [0.5, 0.6) is 0 Å². The van der Waals surface area contributed by atoms with Crippen molar-refractivity contribution in [3.63, 3.8) is 0 Å². The fourth-order valence-corrected chi connectivity index (χ4v) is 2.45. The molecule has 0 atom stereocenters. The maximum absolute atomic E-state index is 8.39. The molecule has 2 aromatic carbocycles. The van der Waals surface area contributed by atoms with Gasteiger partial charge in [-0.15, -0.1) is 0 Å². The highest BCUT2D eigenvalue weighted by Gasteiger charge is 2.30. The zero-order valence-corrected chi connectivity index (χ0v) is 11.6. The van der Waals surface area contributed by atoms with Crippen molar-refractivity contribution in [2.45, 2.75) is 25.9 Å². The van der Waals surface area contributed by atoms with E-state index in [9.17, 15) is 0 Å². The zero-order chi connectivity index (χ0) is 13.8. The van der Waals surface area contributed by atoms with Gasteiger partial charge in [-0.2, -0.15) is 0 Å². The molecular weight excluding hydrogens is 244 g/mol. The van der Waals surface area contributed by atoms with E-state index in [-0.39, 0.29) is 0 Å². The van der Waals surface area contributed by atoms with Crippen molar-refractivity contribution in [2.24, 2.45) is 5.92 Å². The molecule has 1 saturated carbocycles. The summed E-state index contributed by atoms with van der Waals surface area (Å²) in [5, 5.41) is 8.39. The predicted octanol–water partition coefficient (Wildman–Crippen LogP) is 4.08. The summed E-state index contributed by atoms with van der Waals surface area (Å²) in [6, 6.07) is 20.9. The van der Waals surface area contributed by atoms with E-state index in [1.165, 1.54) is 24.0 Å². The molecule has 1 aliphatic rings. The van der Waals surface area contributed by atoms with Crippen LogP contribution in [0.15, 0.2) is 60.7 Å². The molecule has 0 spiro atoms. The van der Waals surface area contributed by atoms with Gasteiger partial charge in [-0.25, -0.2) is 0 Å². The van der Waals surface area contributed by atoms with Gasteiger partial charge in [-0.3, -0.25) is 5.41 Å². The van der Waals surface area contributed by atoms with E-state index in [2.05, 4.69) is 53.4 Å². The van der Waals surface area contributed by atoms with Crippen LogP contribution in [0, 0.1) is 11.3 Å². The molecule has 0 aliphatic heterocycles. The Hall–Kier alpha value is -2.09. The molecule has 2 nitrogen and oxygen atoms in total. The molecule has 2 heteroatoms. The largest absolute Gasteiger partial charge is 0.352 e. The SMILES string of the molecule is N=C(C1CC1)N(Cc1ccccc1)Cc1ccccc1. The van der Waals surface area contributed by atoms with E-state index in [4.69, 9.17) is 5.41 Å². The molecule has 0 heterocycles. The zero-order valence-electron chi connectivity index (χ0n) is 11.6. The predicted molar refractivity (Wildman–Crippen MR) is 82.6 cm³/mol. The van der Waals surface area contributed by atoms with Crippen LogP contribution in [0.2, 0.25) is 0 Å². The Bertz CT molecular complexity index is 517. The minimum absolute atomic E-state index is 0.488. The van der Waals surface area contributed by atoms with Gasteiger partial charge in [0.1, 0.15) is 0 Å². The van der Waals surface area contributed by atoms with Crippen LogP contribution in [0.1, 0.15) is 24.0 Å². The number of nitrogens with zero attached hydrogens (tertiary/aromatic N) is 1. The first-order valence-corrected chi connectivity index (χ1v) is 7.24. The molecule has 3 rings (SSSR count). The number of hydrogen-bond acceptors (Lipinski definition) is 1. The summed E-state index contributed by atoms with van der Waals surface area (Å²) in [5.41, 5.74) is 2.54. The lowest BCUT2D eigenvalue weighted by Crippen LogP contribution is -2.30. The molecule has 1 N–H and O–H groups in total. The van der Waals surface area contributed by atoms with Crippen molar-refractivity contribution >= 4 is 5.84 Å². The van der Waals surface area contributed by atoms with Gasteiger partial charge in [0.2, 0.25) is 0 Å². The molecule has 0 radical (unpaired) electrons. The average molecular weight is 264 g/mol. The van der Waals surface area contributed by atoms with Crippen LogP contribution < -0.4 is 0 Å². The van der Waals surface area contributed by atoms with Gasteiger partial charge < -0.3 is 4.90 Å². The smallest absolute Gasteiger partial charge is 0.0995 e. The van der Waals surface area contributed by atoms with Crippen molar-refractivity contribution in [3.05, 3.63) is 71.8 Å². The number of amidine groups is 1. The lowest BCUT2D eigenvalue weighted by molar-refractivity contribution is 0.392. The monoisotopic (exact) mass is 264 g/mol. The molecule has 2 aromatic rings. The van der Waals surface area contributed by atoms with E-state index in [1.807, 2.05) is 12.1 Å². The van der Waals surface area contributed by atoms with Crippen molar-refractivity contribution in [3.8, 4) is 0 Å². The van der Waals surface area contributed by atoms with E-state index in [0.717, 1.165) is 18.9 Å². The van der Waals surface area contributed by atoms with Crippen LogP contribution in [-0.2, 0) is 13.1 Å². The maximum atomic E-state index is 8.39. The third-order valence-corrected chi connectivity index (χ3v) is 3.74. The highest BCUT2D eigenvalue weighted by molar-refractivity contribution is 5.83. The fourth-order valence-electron chi connectivity index (χ4n) is 2.45. The van der Waals surface area contributed by atoms with E-state index in [1.54, 1.807) is 0 Å².